The van der Waals surface area contributed by atoms with E-state index < -0.39 is 0 Å². The number of imidazole rings is 1. The van der Waals surface area contributed by atoms with Gasteiger partial charge < -0.3 is 10.3 Å². The van der Waals surface area contributed by atoms with Crippen LogP contribution in [-0.2, 0) is 11.2 Å². The quantitative estimate of drug-likeness (QED) is 0.848. The molecule has 1 atom stereocenters. The van der Waals surface area contributed by atoms with Crippen molar-refractivity contribution in [1.82, 2.24) is 25.2 Å². The van der Waals surface area contributed by atoms with Crippen LogP contribution in [0.15, 0.2) is 18.3 Å². The Labute approximate surface area is 130 Å². The highest BCUT2D eigenvalue weighted by molar-refractivity contribution is 5.76. The van der Waals surface area contributed by atoms with Crippen LogP contribution in [0.2, 0.25) is 0 Å². The van der Waals surface area contributed by atoms with Crippen LogP contribution < -0.4 is 5.32 Å². The zero-order valence-corrected chi connectivity index (χ0v) is 13.0. The highest BCUT2D eigenvalue weighted by atomic mass is 16.1. The van der Waals surface area contributed by atoms with Crippen molar-refractivity contribution in [3.8, 4) is 0 Å². The largest absolute Gasteiger partial charge is 0.355 e. The summed E-state index contributed by atoms with van der Waals surface area (Å²) in [5.74, 6) is 0.913. The number of fused-ring (bicyclic) bond motifs is 1. The second kappa shape index (κ2) is 6.87. The topological polar surface area (TPSA) is 73.9 Å². The Kier molecular flexibility index (Phi) is 4.68. The molecule has 1 saturated heterocycles. The van der Waals surface area contributed by atoms with Crippen LogP contribution in [0, 0.1) is 0 Å². The van der Waals surface area contributed by atoms with Gasteiger partial charge in [-0.1, -0.05) is 6.92 Å². The van der Waals surface area contributed by atoms with Crippen molar-refractivity contribution in [2.45, 2.75) is 38.6 Å². The average molecular weight is 301 g/mol. The maximum absolute atomic E-state index is 12.0. The Morgan fingerprint density at radius 2 is 2.45 bits per heavy atom. The average Bonchev–Trinajstić information content (AvgIpc) is 3.16. The number of carbonyl (C=O) groups excluding carboxylic acids is 1. The van der Waals surface area contributed by atoms with Gasteiger partial charge >= 0.3 is 0 Å². The molecule has 1 amide bonds. The van der Waals surface area contributed by atoms with Crippen molar-refractivity contribution in [3.05, 3.63) is 24.2 Å². The Hall–Kier alpha value is -1.95. The fourth-order valence-electron chi connectivity index (χ4n) is 3.11. The summed E-state index contributed by atoms with van der Waals surface area (Å²) in [7, 11) is 0. The fourth-order valence-corrected chi connectivity index (χ4v) is 3.11. The Balaban J connectivity index is 1.46. The maximum Gasteiger partial charge on any atom is 0.220 e. The van der Waals surface area contributed by atoms with E-state index in [2.05, 4.69) is 32.1 Å². The number of aromatic nitrogens is 3. The molecule has 6 nitrogen and oxygen atoms in total. The third-order valence-corrected chi connectivity index (χ3v) is 4.34. The number of likely N-dealkylation sites (tertiary alicyclic amines) is 1. The van der Waals surface area contributed by atoms with Crippen LogP contribution in [0.5, 0.6) is 0 Å². The van der Waals surface area contributed by atoms with Crippen LogP contribution >= 0.6 is 0 Å². The van der Waals surface area contributed by atoms with Crippen molar-refractivity contribution < 1.29 is 4.79 Å². The summed E-state index contributed by atoms with van der Waals surface area (Å²) in [5.41, 5.74) is 1.63. The van der Waals surface area contributed by atoms with Gasteiger partial charge in [-0.05, 0) is 38.1 Å². The molecule has 2 aromatic heterocycles. The van der Waals surface area contributed by atoms with Gasteiger partial charge in [0, 0.05) is 31.6 Å². The van der Waals surface area contributed by atoms with E-state index in [-0.39, 0.29) is 5.91 Å². The second-order valence-corrected chi connectivity index (χ2v) is 5.79. The monoisotopic (exact) mass is 301 g/mol. The number of pyridine rings is 1. The molecule has 0 spiro atoms. The van der Waals surface area contributed by atoms with Crippen molar-refractivity contribution >= 4 is 17.1 Å². The van der Waals surface area contributed by atoms with Gasteiger partial charge in [0.1, 0.15) is 5.82 Å². The molecule has 22 heavy (non-hydrogen) atoms. The molecule has 2 aromatic rings. The first kappa shape index (κ1) is 15.0. The third-order valence-electron chi connectivity index (χ3n) is 4.34. The van der Waals surface area contributed by atoms with Crippen molar-refractivity contribution in [1.29, 1.82) is 0 Å². The second-order valence-electron chi connectivity index (χ2n) is 5.79. The molecule has 6 heteroatoms. The normalized spacial score (nSPS) is 18.9. The van der Waals surface area contributed by atoms with Gasteiger partial charge in [-0.3, -0.25) is 9.69 Å². The highest BCUT2D eigenvalue weighted by Gasteiger charge is 2.23. The zero-order chi connectivity index (χ0) is 15.4. The van der Waals surface area contributed by atoms with Crippen LogP contribution in [0.25, 0.3) is 11.2 Å². The van der Waals surface area contributed by atoms with Crippen LogP contribution in [-0.4, -0.2) is 51.4 Å². The SMILES string of the molecule is CCN1CCC[C@H]1CNC(=O)CCc1nc2ncccc2[nH]1. The maximum atomic E-state index is 12.0. The van der Waals surface area contributed by atoms with Crippen molar-refractivity contribution in [2.24, 2.45) is 0 Å². The van der Waals surface area contributed by atoms with Crippen LogP contribution in [0.4, 0.5) is 0 Å². The van der Waals surface area contributed by atoms with Crippen molar-refractivity contribution in [2.75, 3.05) is 19.6 Å². The number of nitrogens with one attached hydrogen (secondary N) is 2. The number of carbonyl (C=O) groups is 1. The predicted octanol–water partition coefficient (Wildman–Crippen LogP) is 1.49. The first-order chi connectivity index (χ1) is 10.8. The van der Waals surface area contributed by atoms with E-state index in [1.54, 1.807) is 6.20 Å². The van der Waals surface area contributed by atoms with E-state index in [1.807, 2.05) is 12.1 Å². The third kappa shape index (κ3) is 3.44. The number of hydrogen-bond donors (Lipinski definition) is 2. The molecule has 118 valence electrons. The molecule has 0 aliphatic carbocycles. The molecule has 1 aliphatic heterocycles. The first-order valence-electron chi connectivity index (χ1n) is 8.06. The lowest BCUT2D eigenvalue weighted by Gasteiger charge is -2.22. The van der Waals surface area contributed by atoms with Crippen molar-refractivity contribution in [3.63, 3.8) is 0 Å². The molecule has 3 rings (SSSR count). The van der Waals surface area contributed by atoms with Gasteiger partial charge in [-0.15, -0.1) is 0 Å². The Bertz CT molecular complexity index is 605. The summed E-state index contributed by atoms with van der Waals surface area (Å²) in [4.78, 5) is 26.2. The number of amides is 1. The smallest absolute Gasteiger partial charge is 0.220 e. The summed E-state index contributed by atoms with van der Waals surface area (Å²) in [6, 6.07) is 4.32. The zero-order valence-electron chi connectivity index (χ0n) is 13.0. The molecule has 0 aromatic carbocycles. The minimum atomic E-state index is 0.0939. The number of hydrogen-bond acceptors (Lipinski definition) is 4. The molecule has 3 heterocycles. The molecular formula is C16H23N5O. The molecule has 0 saturated carbocycles. The van der Waals surface area contributed by atoms with E-state index in [1.165, 1.54) is 12.8 Å². The van der Waals surface area contributed by atoms with Gasteiger partial charge in [0.15, 0.2) is 5.65 Å². The van der Waals surface area contributed by atoms with Gasteiger partial charge in [0.25, 0.3) is 0 Å². The van der Waals surface area contributed by atoms with Crippen LogP contribution in [0.3, 0.4) is 0 Å². The summed E-state index contributed by atoms with van der Waals surface area (Å²) < 4.78 is 0. The van der Waals surface area contributed by atoms with Gasteiger partial charge in [-0.2, -0.15) is 0 Å². The summed E-state index contributed by atoms with van der Waals surface area (Å²) >= 11 is 0. The van der Waals surface area contributed by atoms with E-state index in [0.29, 0.717) is 24.5 Å². The standard InChI is InChI=1S/C16H23N5O/c1-2-21-10-4-5-12(21)11-18-15(22)8-7-14-19-13-6-3-9-17-16(13)20-14/h3,6,9,12H,2,4-5,7-8,10-11H2,1H3,(H,18,22)(H,17,19,20)/t12-/m0/s1. The lowest BCUT2D eigenvalue weighted by molar-refractivity contribution is -0.121. The fraction of sp³-hybridized carbons (Fsp3) is 0.562. The van der Waals surface area contributed by atoms with E-state index in [9.17, 15) is 4.79 Å². The van der Waals surface area contributed by atoms with Crippen LogP contribution in [0.1, 0.15) is 32.0 Å². The number of nitrogens with zero attached hydrogens (tertiary/aromatic N) is 3. The van der Waals surface area contributed by atoms with E-state index >= 15 is 0 Å². The molecule has 0 unspecified atom stereocenters. The Morgan fingerprint density at radius 1 is 1.55 bits per heavy atom. The number of H-pyrrole nitrogens is 1. The van der Waals surface area contributed by atoms with Gasteiger partial charge in [-0.25, -0.2) is 9.97 Å². The summed E-state index contributed by atoms with van der Waals surface area (Å²) in [6.07, 6.45) is 5.22. The number of aromatic amines is 1. The molecule has 1 aliphatic rings. The molecular weight excluding hydrogens is 278 g/mol. The number of likely N-dealkylation sites (N-methyl/N-ethyl adjacent to an activating group) is 1. The summed E-state index contributed by atoms with van der Waals surface area (Å²) in [5, 5.41) is 3.06. The highest BCUT2D eigenvalue weighted by Crippen LogP contribution is 2.15. The lowest BCUT2D eigenvalue weighted by Crippen LogP contribution is -2.40. The minimum absolute atomic E-state index is 0.0939. The lowest BCUT2D eigenvalue weighted by atomic mass is 10.2. The van der Waals surface area contributed by atoms with E-state index in [0.717, 1.165) is 31.0 Å². The first-order valence-corrected chi connectivity index (χ1v) is 8.06. The molecule has 1 fully saturated rings. The Morgan fingerprint density at radius 3 is 3.27 bits per heavy atom. The molecule has 0 radical (unpaired) electrons. The number of aryl methyl sites for hydroxylation is 1. The predicted molar refractivity (Wildman–Crippen MR) is 85.5 cm³/mol. The minimum Gasteiger partial charge on any atom is -0.355 e. The number of rotatable bonds is 6. The molecule has 2 N–H and O–H groups in total. The molecule has 0 bridgehead atoms. The van der Waals surface area contributed by atoms with Gasteiger partial charge in [0.05, 0.1) is 5.52 Å². The van der Waals surface area contributed by atoms with Gasteiger partial charge in [0.2, 0.25) is 5.91 Å². The summed E-state index contributed by atoms with van der Waals surface area (Å²) in [6.45, 7) is 5.15. The van der Waals surface area contributed by atoms with E-state index in [4.69, 9.17) is 0 Å².